The van der Waals surface area contributed by atoms with Gasteiger partial charge in [0.1, 0.15) is 23.7 Å². The number of nitrogens with zero attached hydrogens (tertiary/aromatic N) is 4. The zero-order valence-electron chi connectivity index (χ0n) is 30.0. The van der Waals surface area contributed by atoms with Crippen molar-refractivity contribution in [2.45, 2.75) is 49.9 Å². The van der Waals surface area contributed by atoms with Crippen molar-refractivity contribution in [3.63, 3.8) is 0 Å². The monoisotopic (exact) mass is 730 g/mol. The van der Waals surface area contributed by atoms with Gasteiger partial charge in [-0.25, -0.2) is 19.6 Å². The number of nitrogens with one attached hydrogen (secondary N) is 4. The summed E-state index contributed by atoms with van der Waals surface area (Å²) in [6, 6.07) is 23.8. The Balaban J connectivity index is 1.04. The molecule has 4 atom stereocenters. The predicted octanol–water partition coefficient (Wildman–Crippen LogP) is 5.99. The molecule has 2 aliphatic heterocycles. The van der Waals surface area contributed by atoms with Crippen LogP contribution in [0.25, 0.3) is 22.5 Å². The number of aromatic amines is 2. The van der Waals surface area contributed by atoms with Crippen LogP contribution in [0.5, 0.6) is 0 Å². The van der Waals surface area contributed by atoms with E-state index in [1.54, 1.807) is 34.1 Å². The first-order chi connectivity index (χ1) is 26.3. The molecule has 0 saturated carbocycles. The van der Waals surface area contributed by atoms with E-state index in [0.29, 0.717) is 35.9 Å². The fourth-order valence-corrected chi connectivity index (χ4v) is 7.30. The number of imidazole rings is 2. The average Bonchev–Trinajstić information content (AvgIpc) is 4.06. The lowest BCUT2D eigenvalue weighted by atomic mass is 10.0. The number of methoxy groups -OCH3 is 2. The van der Waals surface area contributed by atoms with Crippen molar-refractivity contribution in [2.24, 2.45) is 0 Å². The van der Waals surface area contributed by atoms with Crippen LogP contribution in [-0.4, -0.2) is 81.0 Å². The SMILES string of the molecule is COC(=O)N[C@@H](C(=O)N1CCC[C@H]1c1nc(-c2ccc(-c3c[nH]c([C@@H]4CCCN4C(=O)[C@H](NC(=O)OC)c4ccccc4)n3)cc2)c[nH]1)c1ccccc1. The molecule has 0 unspecified atom stereocenters. The predicted molar refractivity (Wildman–Crippen MR) is 198 cm³/mol. The Hall–Kier alpha value is -6.44. The second-order valence-electron chi connectivity index (χ2n) is 13.3. The number of rotatable bonds is 10. The fourth-order valence-electron chi connectivity index (χ4n) is 7.30. The Labute approximate surface area is 312 Å². The summed E-state index contributed by atoms with van der Waals surface area (Å²) in [6.07, 6.45) is 5.38. The summed E-state index contributed by atoms with van der Waals surface area (Å²) in [6.45, 7) is 1.08. The maximum absolute atomic E-state index is 13.9. The number of hydrogen-bond acceptors (Lipinski definition) is 8. The molecule has 14 nitrogen and oxygen atoms in total. The van der Waals surface area contributed by atoms with Crippen molar-refractivity contribution >= 4 is 24.0 Å². The number of amides is 4. The highest BCUT2D eigenvalue weighted by Crippen LogP contribution is 2.36. The van der Waals surface area contributed by atoms with Crippen LogP contribution in [0.2, 0.25) is 0 Å². The van der Waals surface area contributed by atoms with E-state index >= 15 is 0 Å². The van der Waals surface area contributed by atoms with Gasteiger partial charge in [-0.1, -0.05) is 84.9 Å². The van der Waals surface area contributed by atoms with Crippen molar-refractivity contribution in [3.05, 3.63) is 120 Å². The number of aromatic nitrogens is 4. The van der Waals surface area contributed by atoms with Crippen LogP contribution in [0, 0.1) is 0 Å². The lowest BCUT2D eigenvalue weighted by Crippen LogP contribution is -2.42. The highest BCUT2D eigenvalue weighted by molar-refractivity contribution is 5.88. The number of benzene rings is 3. The quantitative estimate of drug-likeness (QED) is 0.136. The Kier molecular flexibility index (Phi) is 10.7. The van der Waals surface area contributed by atoms with Gasteiger partial charge in [0.15, 0.2) is 0 Å². The van der Waals surface area contributed by atoms with Crippen LogP contribution in [0.4, 0.5) is 9.59 Å². The van der Waals surface area contributed by atoms with Crippen LogP contribution >= 0.6 is 0 Å². The maximum Gasteiger partial charge on any atom is 0.407 e. The first-order valence-corrected chi connectivity index (χ1v) is 18.0. The van der Waals surface area contributed by atoms with Crippen molar-refractivity contribution in [2.75, 3.05) is 27.3 Å². The molecular formula is C40H42N8O6. The number of alkyl carbamates (subject to hydrolysis) is 2. The lowest BCUT2D eigenvalue weighted by Gasteiger charge is -2.28. The molecule has 14 heteroatoms. The molecule has 0 bridgehead atoms. The summed E-state index contributed by atoms with van der Waals surface area (Å²) in [5.41, 5.74) is 4.59. The Morgan fingerprint density at radius 2 is 1.02 bits per heavy atom. The topological polar surface area (TPSA) is 175 Å². The van der Waals surface area contributed by atoms with Gasteiger partial charge in [-0.15, -0.1) is 0 Å². The van der Waals surface area contributed by atoms with Gasteiger partial charge in [0.05, 0.1) is 37.7 Å². The van der Waals surface area contributed by atoms with Gasteiger partial charge in [-0.05, 0) is 36.8 Å². The Morgan fingerprint density at radius 1 is 0.630 bits per heavy atom. The van der Waals surface area contributed by atoms with Gasteiger partial charge >= 0.3 is 12.2 Å². The highest BCUT2D eigenvalue weighted by Gasteiger charge is 2.38. The lowest BCUT2D eigenvalue weighted by molar-refractivity contribution is -0.135. The van der Waals surface area contributed by atoms with Gasteiger partial charge in [0, 0.05) is 36.6 Å². The molecule has 3 aromatic carbocycles. The highest BCUT2D eigenvalue weighted by atomic mass is 16.5. The van der Waals surface area contributed by atoms with E-state index in [1.807, 2.05) is 73.1 Å². The zero-order valence-corrected chi connectivity index (χ0v) is 30.0. The number of ether oxygens (including phenoxy) is 2. The van der Waals surface area contributed by atoms with E-state index in [0.717, 1.165) is 48.2 Å². The minimum Gasteiger partial charge on any atom is -0.453 e. The van der Waals surface area contributed by atoms with Gasteiger partial charge in [0.2, 0.25) is 0 Å². The summed E-state index contributed by atoms with van der Waals surface area (Å²) in [7, 11) is 2.54. The summed E-state index contributed by atoms with van der Waals surface area (Å²) < 4.78 is 9.63. The molecule has 54 heavy (non-hydrogen) atoms. The van der Waals surface area contributed by atoms with Crippen LogP contribution in [0.3, 0.4) is 0 Å². The summed E-state index contributed by atoms with van der Waals surface area (Å²) in [5.74, 6) is 0.893. The molecule has 2 saturated heterocycles. The van der Waals surface area contributed by atoms with Crippen LogP contribution < -0.4 is 10.6 Å². The van der Waals surface area contributed by atoms with Gasteiger partial charge in [-0.3, -0.25) is 9.59 Å². The van der Waals surface area contributed by atoms with Crippen molar-refractivity contribution in [1.29, 1.82) is 0 Å². The molecule has 0 aliphatic carbocycles. The summed E-state index contributed by atoms with van der Waals surface area (Å²) >= 11 is 0. The Bertz CT molecular complexity index is 1930. The normalized spacial score (nSPS) is 17.8. The van der Waals surface area contributed by atoms with E-state index in [2.05, 4.69) is 20.6 Å². The summed E-state index contributed by atoms with van der Waals surface area (Å²) in [5, 5.41) is 5.40. The largest absolute Gasteiger partial charge is 0.453 e. The molecule has 0 spiro atoms. The molecule has 5 aromatic rings. The maximum atomic E-state index is 13.9. The average molecular weight is 731 g/mol. The first kappa shape index (κ1) is 35.9. The van der Waals surface area contributed by atoms with Crippen LogP contribution in [-0.2, 0) is 19.1 Å². The van der Waals surface area contributed by atoms with Crippen molar-refractivity contribution < 1.29 is 28.7 Å². The number of carbonyl (C=O) groups is 4. The summed E-state index contributed by atoms with van der Waals surface area (Å²) in [4.78, 5) is 72.0. The van der Waals surface area contributed by atoms with E-state index in [9.17, 15) is 19.2 Å². The molecule has 4 amide bonds. The molecule has 2 aliphatic rings. The van der Waals surface area contributed by atoms with E-state index in [1.165, 1.54) is 14.2 Å². The second kappa shape index (κ2) is 16.1. The van der Waals surface area contributed by atoms with Crippen LogP contribution in [0.15, 0.2) is 97.3 Å². The second-order valence-corrected chi connectivity index (χ2v) is 13.3. The molecule has 7 rings (SSSR count). The molecule has 4 N–H and O–H groups in total. The zero-order chi connectivity index (χ0) is 37.6. The third kappa shape index (κ3) is 7.54. The number of H-pyrrole nitrogens is 2. The first-order valence-electron chi connectivity index (χ1n) is 18.0. The van der Waals surface area contributed by atoms with Crippen molar-refractivity contribution in [3.8, 4) is 22.5 Å². The minimum atomic E-state index is -0.893. The third-order valence-electron chi connectivity index (χ3n) is 10.0. The molecule has 4 heterocycles. The van der Waals surface area contributed by atoms with E-state index < -0.39 is 24.3 Å². The third-order valence-corrected chi connectivity index (χ3v) is 10.0. The number of carbonyl (C=O) groups excluding carboxylic acids is 4. The standard InChI is InChI=1S/C40H42N8O6/c1-53-39(51)45-33(27-11-5-3-6-12-27)37(49)47-21-9-15-31(47)35-41-23-29(43-35)25-17-19-26(20-18-25)30-24-42-36(44-30)32-16-10-22-48(32)38(50)34(46-40(52)54-2)28-13-7-4-8-14-28/h3-8,11-14,17-20,23-24,31-34H,9-10,15-16,21-22H2,1-2H3,(H,41,43)(H,42,44)(H,45,51)(H,46,52)/t31-,32-,33+,34+/m0/s1. The van der Waals surface area contributed by atoms with E-state index in [-0.39, 0.29) is 23.9 Å². The van der Waals surface area contributed by atoms with Crippen molar-refractivity contribution in [1.82, 2.24) is 40.4 Å². The molecule has 2 fully saturated rings. The molecular weight excluding hydrogens is 688 g/mol. The number of hydrogen-bond donors (Lipinski definition) is 4. The molecule has 278 valence electrons. The minimum absolute atomic E-state index is 0.228. The molecule has 2 aromatic heterocycles. The van der Waals surface area contributed by atoms with E-state index in [4.69, 9.17) is 19.4 Å². The number of likely N-dealkylation sites (tertiary alicyclic amines) is 2. The van der Waals surface area contributed by atoms with Gasteiger partial charge in [-0.2, -0.15) is 0 Å². The van der Waals surface area contributed by atoms with Gasteiger partial charge < -0.3 is 39.9 Å². The Morgan fingerprint density at radius 3 is 1.39 bits per heavy atom. The van der Waals surface area contributed by atoms with Gasteiger partial charge in [0.25, 0.3) is 11.8 Å². The van der Waals surface area contributed by atoms with Crippen LogP contribution in [0.1, 0.15) is 72.6 Å². The molecule has 0 radical (unpaired) electrons. The fraction of sp³-hybridized carbons (Fsp3) is 0.300. The smallest absolute Gasteiger partial charge is 0.407 e.